The Labute approximate surface area is 241 Å². The Hall–Kier alpha value is -3.36. The van der Waals surface area contributed by atoms with Gasteiger partial charge < -0.3 is 20.3 Å². The average molecular weight is 561 g/mol. The van der Waals surface area contributed by atoms with Crippen LogP contribution in [0.3, 0.4) is 0 Å². The summed E-state index contributed by atoms with van der Waals surface area (Å²) < 4.78 is 4.93. The lowest BCUT2D eigenvalue weighted by atomic mass is 9.90. The van der Waals surface area contributed by atoms with Crippen LogP contribution < -0.4 is 16.0 Å². The molecule has 5 rings (SSSR count). The van der Waals surface area contributed by atoms with Gasteiger partial charge in [0.1, 0.15) is 0 Å². The average Bonchev–Trinajstić information content (AvgIpc) is 3.39. The van der Waals surface area contributed by atoms with Gasteiger partial charge in [0.15, 0.2) is 0 Å². The largest absolute Gasteiger partial charge is 0.453 e. The first-order valence-corrected chi connectivity index (χ1v) is 15.3. The zero-order chi connectivity index (χ0) is 27.9. The summed E-state index contributed by atoms with van der Waals surface area (Å²) in [5.41, 5.74) is 11.1. The summed E-state index contributed by atoms with van der Waals surface area (Å²) in [5.74, 6) is 0.0900. The number of anilines is 2. The van der Waals surface area contributed by atoms with Gasteiger partial charge in [-0.05, 0) is 84.9 Å². The van der Waals surface area contributed by atoms with Crippen molar-refractivity contribution in [1.29, 1.82) is 0 Å². The number of hydrogen-bond donors (Lipinski definition) is 2. The van der Waals surface area contributed by atoms with Crippen molar-refractivity contribution in [3.63, 3.8) is 0 Å². The zero-order valence-corrected chi connectivity index (χ0v) is 24.1. The van der Waals surface area contributed by atoms with Gasteiger partial charge in [0, 0.05) is 31.7 Å². The maximum Gasteiger partial charge on any atom is 0.411 e. The molecule has 1 saturated heterocycles. The Morgan fingerprint density at radius 1 is 0.975 bits per heavy atom. The third-order valence-electron chi connectivity index (χ3n) is 8.15. The molecule has 1 aromatic heterocycles. The standard InChI is InChI=1S/C32H40N4O3S/c1-39-32(38)34-28-21-25(11-16-29(28)35-17-4-2-3-5-18-35)24-9-6-8-23(20-24)22-36(27-14-12-26(33)13-15-27)31(37)30-10-7-19-40-30/h6-11,16,19-21,26-27H,2-5,12-15,17-18,22,33H2,1H3,(H,34,38). The van der Waals surface area contributed by atoms with Crippen molar-refractivity contribution in [2.75, 3.05) is 30.4 Å². The third kappa shape index (κ3) is 6.85. The van der Waals surface area contributed by atoms with Crippen molar-refractivity contribution in [2.24, 2.45) is 5.73 Å². The second kappa shape index (κ2) is 13.3. The quantitative estimate of drug-likeness (QED) is 0.329. The van der Waals surface area contributed by atoms with Crippen LogP contribution in [0, 0.1) is 0 Å². The summed E-state index contributed by atoms with van der Waals surface area (Å²) in [7, 11) is 1.39. The molecule has 0 bridgehead atoms. The lowest BCUT2D eigenvalue weighted by molar-refractivity contribution is 0.0611. The number of carbonyl (C=O) groups is 2. The van der Waals surface area contributed by atoms with E-state index in [1.54, 1.807) is 0 Å². The van der Waals surface area contributed by atoms with E-state index in [1.165, 1.54) is 31.3 Å². The van der Waals surface area contributed by atoms with Gasteiger partial charge in [-0.25, -0.2) is 4.79 Å². The minimum absolute atomic E-state index is 0.0900. The van der Waals surface area contributed by atoms with Crippen molar-refractivity contribution in [1.82, 2.24) is 4.90 Å². The van der Waals surface area contributed by atoms with Crippen molar-refractivity contribution in [2.45, 2.75) is 70.0 Å². The van der Waals surface area contributed by atoms with Crippen LogP contribution in [-0.4, -0.2) is 49.2 Å². The highest BCUT2D eigenvalue weighted by molar-refractivity contribution is 7.12. The molecular weight excluding hydrogens is 520 g/mol. The Kier molecular flexibility index (Phi) is 9.39. The third-order valence-corrected chi connectivity index (χ3v) is 9.01. The maximum atomic E-state index is 13.6. The van der Waals surface area contributed by atoms with Crippen LogP contribution in [0.2, 0.25) is 0 Å². The Bertz CT molecular complexity index is 1280. The highest BCUT2D eigenvalue weighted by Gasteiger charge is 2.29. The Morgan fingerprint density at radius 2 is 1.73 bits per heavy atom. The number of rotatable bonds is 7. The molecule has 3 aromatic rings. The monoisotopic (exact) mass is 560 g/mol. The van der Waals surface area contributed by atoms with E-state index in [1.807, 2.05) is 34.5 Å². The molecule has 3 N–H and O–H groups in total. The van der Waals surface area contributed by atoms with Crippen LogP contribution in [-0.2, 0) is 11.3 Å². The lowest BCUT2D eigenvalue weighted by Gasteiger charge is -2.36. The van der Waals surface area contributed by atoms with E-state index < -0.39 is 6.09 Å². The number of benzene rings is 2. The summed E-state index contributed by atoms with van der Waals surface area (Å²) in [6.07, 6.45) is 8.04. The van der Waals surface area contributed by atoms with Crippen LogP contribution in [0.4, 0.5) is 16.2 Å². The van der Waals surface area contributed by atoms with E-state index in [0.29, 0.717) is 6.54 Å². The first-order valence-electron chi connectivity index (χ1n) is 14.4. The fourth-order valence-corrected chi connectivity index (χ4v) is 6.61. The van der Waals surface area contributed by atoms with Gasteiger partial charge in [-0.3, -0.25) is 10.1 Å². The molecule has 7 nitrogen and oxygen atoms in total. The molecule has 1 saturated carbocycles. The molecule has 1 aliphatic carbocycles. The van der Waals surface area contributed by atoms with E-state index in [-0.39, 0.29) is 18.0 Å². The highest BCUT2D eigenvalue weighted by atomic mass is 32.1. The van der Waals surface area contributed by atoms with Gasteiger partial charge in [0.25, 0.3) is 5.91 Å². The van der Waals surface area contributed by atoms with Gasteiger partial charge >= 0.3 is 6.09 Å². The molecule has 2 amide bonds. The normalized spacial score (nSPS) is 19.5. The molecule has 212 valence electrons. The van der Waals surface area contributed by atoms with E-state index in [2.05, 4.69) is 40.5 Å². The first kappa shape index (κ1) is 28.2. The summed E-state index contributed by atoms with van der Waals surface area (Å²) in [6, 6.07) is 18.9. The van der Waals surface area contributed by atoms with Crippen LogP contribution in [0.1, 0.15) is 66.6 Å². The van der Waals surface area contributed by atoms with Gasteiger partial charge in [0.05, 0.1) is 23.4 Å². The SMILES string of the molecule is COC(=O)Nc1cc(-c2cccc(CN(C(=O)c3cccs3)C3CCC(N)CC3)c2)ccc1N1CCCCCC1. The Morgan fingerprint density at radius 3 is 2.42 bits per heavy atom. The lowest BCUT2D eigenvalue weighted by Crippen LogP contribution is -2.43. The number of methoxy groups -OCH3 is 1. The minimum atomic E-state index is -0.475. The summed E-state index contributed by atoms with van der Waals surface area (Å²) in [4.78, 5) is 31.0. The van der Waals surface area contributed by atoms with Crippen molar-refractivity contribution in [3.05, 3.63) is 70.4 Å². The molecular formula is C32H40N4O3S. The number of nitrogens with one attached hydrogen (secondary N) is 1. The van der Waals surface area contributed by atoms with E-state index >= 15 is 0 Å². The molecule has 2 aromatic carbocycles. The molecule has 8 heteroatoms. The topological polar surface area (TPSA) is 87.9 Å². The molecule has 0 unspecified atom stereocenters. The van der Waals surface area contributed by atoms with Crippen LogP contribution in [0.5, 0.6) is 0 Å². The van der Waals surface area contributed by atoms with E-state index in [0.717, 1.165) is 84.6 Å². The zero-order valence-electron chi connectivity index (χ0n) is 23.3. The minimum Gasteiger partial charge on any atom is -0.453 e. The van der Waals surface area contributed by atoms with Gasteiger partial charge in [-0.15, -0.1) is 11.3 Å². The van der Waals surface area contributed by atoms with Crippen molar-refractivity contribution < 1.29 is 14.3 Å². The molecule has 2 fully saturated rings. The molecule has 2 heterocycles. The predicted octanol–water partition coefficient (Wildman–Crippen LogP) is 6.89. The maximum absolute atomic E-state index is 13.6. The highest BCUT2D eigenvalue weighted by Crippen LogP contribution is 2.34. The fourth-order valence-electron chi connectivity index (χ4n) is 5.93. The molecule has 0 radical (unpaired) electrons. The van der Waals surface area contributed by atoms with Crippen molar-refractivity contribution >= 4 is 34.7 Å². The predicted molar refractivity (Wildman–Crippen MR) is 163 cm³/mol. The van der Waals surface area contributed by atoms with E-state index in [4.69, 9.17) is 10.5 Å². The second-order valence-corrected chi connectivity index (χ2v) is 11.9. The molecule has 40 heavy (non-hydrogen) atoms. The van der Waals surface area contributed by atoms with Crippen LogP contribution in [0.15, 0.2) is 60.0 Å². The van der Waals surface area contributed by atoms with Gasteiger partial charge in [-0.2, -0.15) is 0 Å². The number of thiophene rings is 1. The molecule has 0 atom stereocenters. The number of carbonyl (C=O) groups excluding carboxylic acids is 2. The number of ether oxygens (including phenoxy) is 1. The molecule has 0 spiro atoms. The summed E-state index contributed by atoms with van der Waals surface area (Å²) in [6.45, 7) is 2.50. The number of nitrogens with zero attached hydrogens (tertiary/aromatic N) is 2. The molecule has 2 aliphatic rings. The first-order chi connectivity index (χ1) is 19.5. The van der Waals surface area contributed by atoms with E-state index in [9.17, 15) is 9.59 Å². The second-order valence-electron chi connectivity index (χ2n) is 10.9. The summed E-state index contributed by atoms with van der Waals surface area (Å²) >= 11 is 1.49. The number of hydrogen-bond acceptors (Lipinski definition) is 6. The van der Waals surface area contributed by atoms with Crippen molar-refractivity contribution in [3.8, 4) is 11.1 Å². The summed E-state index contributed by atoms with van der Waals surface area (Å²) in [5, 5.41) is 4.90. The molecule has 1 aliphatic heterocycles. The number of nitrogens with two attached hydrogens (primary N) is 1. The smallest absolute Gasteiger partial charge is 0.411 e. The fraction of sp³-hybridized carbons (Fsp3) is 0.438. The van der Waals surface area contributed by atoms with Gasteiger partial charge in [0.2, 0.25) is 0 Å². The van der Waals surface area contributed by atoms with Crippen LogP contribution in [0.25, 0.3) is 11.1 Å². The van der Waals surface area contributed by atoms with Gasteiger partial charge in [-0.1, -0.05) is 43.2 Å². The number of amides is 2. The van der Waals surface area contributed by atoms with Crippen LogP contribution >= 0.6 is 11.3 Å². The Balaban J connectivity index is 1.42.